The monoisotopic (exact) mass is 461 g/mol. The molecule has 0 saturated carbocycles. The zero-order valence-electron chi connectivity index (χ0n) is 20.1. The number of aromatic amines is 1. The van der Waals surface area contributed by atoms with Crippen LogP contribution in [0.4, 0.5) is 5.69 Å². The lowest BCUT2D eigenvalue weighted by Gasteiger charge is -2.33. The normalized spacial score (nSPS) is 18.4. The third-order valence-corrected chi connectivity index (χ3v) is 6.20. The minimum absolute atomic E-state index is 0.0228. The van der Waals surface area contributed by atoms with Crippen molar-refractivity contribution in [3.05, 3.63) is 66.4 Å². The van der Waals surface area contributed by atoms with Crippen molar-refractivity contribution in [2.45, 2.75) is 52.2 Å². The fourth-order valence-corrected chi connectivity index (χ4v) is 4.73. The summed E-state index contributed by atoms with van der Waals surface area (Å²) in [6, 6.07) is 17.2. The Balaban J connectivity index is 1.71. The van der Waals surface area contributed by atoms with Crippen molar-refractivity contribution in [3.63, 3.8) is 0 Å². The van der Waals surface area contributed by atoms with Crippen molar-refractivity contribution in [3.8, 4) is 0 Å². The molecule has 7 heteroatoms. The van der Waals surface area contributed by atoms with E-state index in [4.69, 9.17) is 9.57 Å². The van der Waals surface area contributed by atoms with E-state index in [1.54, 1.807) is 18.7 Å². The van der Waals surface area contributed by atoms with E-state index in [0.29, 0.717) is 12.1 Å². The van der Waals surface area contributed by atoms with E-state index in [1.165, 1.54) is 0 Å². The third kappa shape index (κ3) is 4.42. The lowest BCUT2D eigenvalue weighted by molar-refractivity contribution is -0.168. The van der Waals surface area contributed by atoms with E-state index < -0.39 is 11.6 Å². The Labute approximate surface area is 199 Å². The zero-order chi connectivity index (χ0) is 24.3. The average molecular weight is 462 g/mol. The maximum atomic E-state index is 13.1. The van der Waals surface area contributed by atoms with E-state index in [-0.39, 0.29) is 30.9 Å². The summed E-state index contributed by atoms with van der Waals surface area (Å²) < 4.78 is 5.40. The molecule has 0 bridgehead atoms. The van der Waals surface area contributed by atoms with Gasteiger partial charge in [0.1, 0.15) is 0 Å². The largest absolute Gasteiger partial charge is 0.463 e. The van der Waals surface area contributed by atoms with Crippen molar-refractivity contribution in [2.24, 2.45) is 11.1 Å². The van der Waals surface area contributed by atoms with Crippen LogP contribution < -0.4 is 4.90 Å². The van der Waals surface area contributed by atoms with Gasteiger partial charge in [0, 0.05) is 36.9 Å². The molecular formula is C27H31N3O4. The number of ether oxygens (including phenoxy) is 1. The molecule has 178 valence electrons. The van der Waals surface area contributed by atoms with Gasteiger partial charge >= 0.3 is 5.97 Å². The number of H-pyrrole nitrogens is 1. The van der Waals surface area contributed by atoms with Crippen LogP contribution in [-0.4, -0.2) is 40.8 Å². The second kappa shape index (κ2) is 9.71. The predicted molar refractivity (Wildman–Crippen MR) is 133 cm³/mol. The summed E-state index contributed by atoms with van der Waals surface area (Å²) in [6.07, 6.45) is 2.42. The van der Waals surface area contributed by atoms with Crippen molar-refractivity contribution in [1.29, 1.82) is 0 Å². The van der Waals surface area contributed by atoms with Crippen LogP contribution in [0, 0.1) is 5.92 Å². The van der Waals surface area contributed by atoms with Gasteiger partial charge in [-0.05, 0) is 24.5 Å². The molecular weight excluding hydrogens is 430 g/mol. The molecule has 1 N–H and O–H groups in total. The number of rotatable bonds is 8. The summed E-state index contributed by atoms with van der Waals surface area (Å²) in [6.45, 7) is 7.65. The number of fused-ring (bicyclic) bond motifs is 1. The highest BCUT2D eigenvalue weighted by Gasteiger charge is 2.51. The standard InChI is InChI=1S/C27H31N3O4/c1-5-33-26(32)27(15-20-11-7-6-8-12-20)16-23(29-34-27)25(18(2)3)30(19(4)31)24-17-28-22-14-10-9-13-21(22)24/h6-14,17-18,25,28H,5,15-16H2,1-4H3/t25-,27?/m0/s1. The van der Waals surface area contributed by atoms with Crippen LogP contribution in [-0.2, 0) is 25.6 Å². The Kier molecular flexibility index (Phi) is 6.72. The van der Waals surface area contributed by atoms with Gasteiger partial charge in [0.05, 0.1) is 24.0 Å². The van der Waals surface area contributed by atoms with Gasteiger partial charge in [-0.15, -0.1) is 0 Å². The van der Waals surface area contributed by atoms with Crippen LogP contribution >= 0.6 is 0 Å². The zero-order valence-corrected chi connectivity index (χ0v) is 20.1. The molecule has 2 atom stereocenters. The number of nitrogens with zero attached hydrogens (tertiary/aromatic N) is 2. The highest BCUT2D eigenvalue weighted by atomic mass is 16.7. The molecule has 2 heterocycles. The second-order valence-corrected chi connectivity index (χ2v) is 9.03. The number of nitrogens with one attached hydrogen (secondary N) is 1. The first kappa shape index (κ1) is 23.5. The number of anilines is 1. The number of aromatic nitrogens is 1. The minimum atomic E-state index is -1.26. The first-order chi connectivity index (χ1) is 16.4. The highest BCUT2D eigenvalue weighted by molar-refractivity contribution is 6.09. The van der Waals surface area contributed by atoms with Crippen LogP contribution in [0.15, 0.2) is 65.9 Å². The lowest BCUT2D eigenvalue weighted by atomic mass is 9.85. The molecule has 0 aliphatic carbocycles. The smallest absolute Gasteiger partial charge is 0.354 e. The molecule has 4 rings (SSSR count). The van der Waals surface area contributed by atoms with Crippen LogP contribution in [0.3, 0.4) is 0 Å². The Morgan fingerprint density at radius 1 is 1.15 bits per heavy atom. The molecule has 1 aliphatic heterocycles. The summed E-state index contributed by atoms with van der Waals surface area (Å²) in [5.74, 6) is -0.529. The number of amides is 1. The van der Waals surface area contributed by atoms with Gasteiger partial charge in [0.25, 0.3) is 0 Å². The van der Waals surface area contributed by atoms with Gasteiger partial charge in [-0.25, -0.2) is 4.79 Å². The van der Waals surface area contributed by atoms with Crippen molar-refractivity contribution < 1.29 is 19.2 Å². The topological polar surface area (TPSA) is 84.0 Å². The number of hydrogen-bond acceptors (Lipinski definition) is 5. The molecule has 1 aliphatic rings. The SMILES string of the molecule is CCOC(=O)C1(Cc2ccccc2)CC([C@H](C(C)C)N(C(C)=O)c2c[nH]c3ccccc23)=NO1. The molecule has 0 saturated heterocycles. The van der Waals surface area contributed by atoms with Crippen LogP contribution in [0.5, 0.6) is 0 Å². The van der Waals surface area contributed by atoms with E-state index in [1.807, 2.05) is 74.6 Å². The molecule has 0 spiro atoms. The number of esters is 1. The summed E-state index contributed by atoms with van der Waals surface area (Å²) in [4.78, 5) is 37.0. The molecule has 34 heavy (non-hydrogen) atoms. The number of benzene rings is 2. The molecule has 7 nitrogen and oxygen atoms in total. The molecule has 1 unspecified atom stereocenters. The van der Waals surface area contributed by atoms with Gasteiger partial charge in [0.2, 0.25) is 11.5 Å². The summed E-state index contributed by atoms with van der Waals surface area (Å²) in [5, 5.41) is 5.36. The first-order valence-electron chi connectivity index (χ1n) is 11.7. The van der Waals surface area contributed by atoms with E-state index in [2.05, 4.69) is 10.1 Å². The van der Waals surface area contributed by atoms with Gasteiger partial charge in [0.15, 0.2) is 0 Å². The fraction of sp³-hybridized carbons (Fsp3) is 0.370. The van der Waals surface area contributed by atoms with Gasteiger partial charge in [-0.1, -0.05) is 67.5 Å². The Morgan fingerprint density at radius 3 is 2.53 bits per heavy atom. The minimum Gasteiger partial charge on any atom is -0.463 e. The van der Waals surface area contributed by atoms with Crippen LogP contribution in [0.1, 0.15) is 39.7 Å². The van der Waals surface area contributed by atoms with Crippen LogP contribution in [0.2, 0.25) is 0 Å². The Hall–Kier alpha value is -3.61. The fourth-order valence-electron chi connectivity index (χ4n) is 4.73. The first-order valence-corrected chi connectivity index (χ1v) is 11.7. The molecule has 3 aromatic rings. The summed E-state index contributed by atoms with van der Waals surface area (Å²) in [5.41, 5.74) is 2.07. The van der Waals surface area contributed by atoms with Gasteiger partial charge < -0.3 is 19.5 Å². The lowest BCUT2D eigenvalue weighted by Crippen LogP contribution is -2.50. The van der Waals surface area contributed by atoms with Gasteiger partial charge in [-0.2, -0.15) is 0 Å². The highest BCUT2D eigenvalue weighted by Crippen LogP contribution is 2.36. The molecule has 1 aromatic heterocycles. The average Bonchev–Trinajstić information content (AvgIpc) is 3.43. The maximum Gasteiger partial charge on any atom is 0.354 e. The quantitative estimate of drug-likeness (QED) is 0.485. The number of carbonyl (C=O) groups excluding carboxylic acids is 2. The second-order valence-electron chi connectivity index (χ2n) is 9.03. The summed E-state index contributed by atoms with van der Waals surface area (Å²) >= 11 is 0. The van der Waals surface area contributed by atoms with E-state index >= 15 is 0 Å². The molecule has 0 fully saturated rings. The van der Waals surface area contributed by atoms with E-state index in [0.717, 1.165) is 22.2 Å². The number of carbonyl (C=O) groups is 2. The molecule has 0 radical (unpaired) electrons. The molecule has 2 aromatic carbocycles. The van der Waals surface area contributed by atoms with Crippen molar-refractivity contribution >= 4 is 34.2 Å². The number of oxime groups is 1. The summed E-state index contributed by atoms with van der Waals surface area (Å²) in [7, 11) is 0. The Bertz CT molecular complexity index is 1200. The number of hydrogen-bond donors (Lipinski definition) is 1. The van der Waals surface area contributed by atoms with Gasteiger partial charge in [-0.3, -0.25) is 4.79 Å². The predicted octanol–water partition coefficient (Wildman–Crippen LogP) is 4.87. The van der Waals surface area contributed by atoms with Crippen molar-refractivity contribution in [1.82, 2.24) is 4.98 Å². The van der Waals surface area contributed by atoms with E-state index in [9.17, 15) is 9.59 Å². The maximum absolute atomic E-state index is 13.1. The molecule has 1 amide bonds. The third-order valence-electron chi connectivity index (χ3n) is 6.20. The Morgan fingerprint density at radius 2 is 1.85 bits per heavy atom. The van der Waals surface area contributed by atoms with Crippen molar-refractivity contribution in [2.75, 3.05) is 11.5 Å². The van der Waals surface area contributed by atoms with Crippen LogP contribution in [0.25, 0.3) is 10.9 Å². The number of para-hydroxylation sites is 1.